The van der Waals surface area contributed by atoms with E-state index in [-0.39, 0.29) is 30.1 Å². The van der Waals surface area contributed by atoms with E-state index < -0.39 is 17.2 Å². The number of halogens is 2. The van der Waals surface area contributed by atoms with Gasteiger partial charge in [0.15, 0.2) is 5.17 Å². The van der Waals surface area contributed by atoms with Gasteiger partial charge in [0.05, 0.1) is 12.3 Å². The van der Waals surface area contributed by atoms with Crippen LogP contribution in [0.5, 0.6) is 0 Å². The maximum absolute atomic E-state index is 15.0. The van der Waals surface area contributed by atoms with Gasteiger partial charge in [-0.05, 0) is 30.7 Å². The molecule has 1 amide bonds. The van der Waals surface area contributed by atoms with Crippen molar-refractivity contribution in [2.24, 2.45) is 18.0 Å². The quantitative estimate of drug-likeness (QED) is 0.626. The third kappa shape index (κ3) is 4.18. The number of amides is 1. The first-order valence-electron chi connectivity index (χ1n) is 10.6. The minimum absolute atomic E-state index is 0.0900. The molecule has 170 valence electrons. The summed E-state index contributed by atoms with van der Waals surface area (Å²) in [6, 6.07) is 14.2. The normalized spacial score (nSPS) is 24.6. The third-order valence-electron chi connectivity index (χ3n) is 6.12. The summed E-state index contributed by atoms with van der Waals surface area (Å²) in [4.78, 5) is 17.5. The highest BCUT2D eigenvalue weighted by atomic mass is 32.2. The van der Waals surface area contributed by atoms with Gasteiger partial charge in [-0.15, -0.1) is 0 Å². The van der Waals surface area contributed by atoms with E-state index in [0.29, 0.717) is 22.9 Å². The predicted molar refractivity (Wildman–Crippen MR) is 122 cm³/mol. The fourth-order valence-electron chi connectivity index (χ4n) is 4.42. The lowest BCUT2D eigenvalue weighted by atomic mass is 9.74. The topological polar surface area (TPSA) is 68.5 Å². The van der Waals surface area contributed by atoms with Crippen LogP contribution in [0.3, 0.4) is 0 Å². The van der Waals surface area contributed by atoms with Crippen molar-refractivity contribution < 1.29 is 18.3 Å². The number of aliphatic imine (C=N–C) groups is 1. The second-order valence-electron chi connectivity index (χ2n) is 8.24. The monoisotopic (exact) mass is 468 g/mol. The molecule has 2 aliphatic rings. The number of benzene rings is 2. The van der Waals surface area contributed by atoms with Crippen molar-refractivity contribution in [3.05, 3.63) is 89.2 Å². The molecule has 3 heterocycles. The van der Waals surface area contributed by atoms with Gasteiger partial charge in [0.1, 0.15) is 23.3 Å². The van der Waals surface area contributed by atoms with Crippen LogP contribution < -0.4 is 5.32 Å². The molecule has 0 spiro atoms. The largest absolute Gasteiger partial charge is 0.369 e. The van der Waals surface area contributed by atoms with Gasteiger partial charge in [0, 0.05) is 42.1 Å². The molecule has 2 aromatic carbocycles. The van der Waals surface area contributed by atoms with Crippen molar-refractivity contribution in [1.29, 1.82) is 0 Å². The summed E-state index contributed by atoms with van der Waals surface area (Å²) in [5.74, 6) is -1.13. The molecule has 3 aromatic rings. The smallest absolute Gasteiger partial charge is 0.257 e. The number of aromatic nitrogens is 2. The van der Waals surface area contributed by atoms with E-state index in [1.807, 2.05) is 25.4 Å². The molecule has 0 unspecified atom stereocenters. The van der Waals surface area contributed by atoms with Gasteiger partial charge in [-0.3, -0.25) is 9.48 Å². The molecule has 2 aliphatic heterocycles. The Balaban J connectivity index is 1.50. The van der Waals surface area contributed by atoms with Crippen LogP contribution >= 0.6 is 11.8 Å². The number of ether oxygens (including phenoxy) is 1. The lowest BCUT2D eigenvalue weighted by Crippen LogP contribution is -2.49. The number of thioether (sulfide) groups is 1. The first-order chi connectivity index (χ1) is 15.9. The van der Waals surface area contributed by atoms with E-state index in [0.717, 1.165) is 11.8 Å². The second kappa shape index (κ2) is 8.72. The molecule has 33 heavy (non-hydrogen) atoms. The molecule has 9 heteroatoms. The SMILES string of the molecule is Cn1ccc([C@H]2C[C@H]3CSC(NC(=O)c4ccccc4)=N[C@@]3(c3ccc(F)cc3F)CO2)n1. The zero-order valence-electron chi connectivity index (χ0n) is 17.9. The van der Waals surface area contributed by atoms with Crippen LogP contribution in [0.25, 0.3) is 0 Å². The molecule has 5 rings (SSSR count). The fourth-order valence-corrected chi connectivity index (χ4v) is 5.58. The van der Waals surface area contributed by atoms with Crippen molar-refractivity contribution in [3.63, 3.8) is 0 Å². The number of rotatable bonds is 3. The fraction of sp³-hybridized carbons (Fsp3) is 0.292. The number of fused-ring (bicyclic) bond motifs is 1. The molecular weight excluding hydrogens is 446 g/mol. The molecule has 6 nitrogen and oxygen atoms in total. The number of aryl methyl sites for hydroxylation is 1. The predicted octanol–water partition coefficient (Wildman–Crippen LogP) is 4.20. The Bertz CT molecular complexity index is 1220. The second-order valence-corrected chi connectivity index (χ2v) is 9.25. The highest BCUT2D eigenvalue weighted by molar-refractivity contribution is 8.13. The number of carbonyl (C=O) groups excluding carboxylic acids is 1. The van der Waals surface area contributed by atoms with Gasteiger partial charge in [-0.2, -0.15) is 5.10 Å². The zero-order chi connectivity index (χ0) is 23.0. The van der Waals surface area contributed by atoms with E-state index in [4.69, 9.17) is 9.73 Å². The Labute approximate surface area is 194 Å². The van der Waals surface area contributed by atoms with Gasteiger partial charge in [-0.25, -0.2) is 13.8 Å². The van der Waals surface area contributed by atoms with Gasteiger partial charge < -0.3 is 10.1 Å². The van der Waals surface area contributed by atoms with Crippen molar-refractivity contribution in [2.45, 2.75) is 18.1 Å². The molecule has 0 saturated carbocycles. The summed E-state index contributed by atoms with van der Waals surface area (Å²) in [5.41, 5.74) is 0.496. The average Bonchev–Trinajstić information content (AvgIpc) is 3.25. The van der Waals surface area contributed by atoms with Crippen molar-refractivity contribution in [2.75, 3.05) is 12.4 Å². The van der Waals surface area contributed by atoms with E-state index in [2.05, 4.69) is 10.4 Å². The molecule has 0 radical (unpaired) electrons. The standard InChI is InChI=1S/C24H22F2N4O2S/c1-30-10-9-20(29-30)21-11-16-13-33-23(27-22(31)15-5-3-2-4-6-15)28-24(16,14-32-21)18-8-7-17(25)12-19(18)26/h2-10,12,16,21H,11,13-14H2,1H3,(H,27,28,31)/t16-,21+,24-/m0/s1. The molecule has 1 fully saturated rings. The summed E-state index contributed by atoms with van der Waals surface area (Å²) < 4.78 is 36.6. The molecule has 1 N–H and O–H groups in total. The molecule has 3 atom stereocenters. The lowest BCUT2D eigenvalue weighted by molar-refractivity contribution is -0.0608. The molecule has 0 aliphatic carbocycles. The van der Waals surface area contributed by atoms with E-state index in [9.17, 15) is 9.18 Å². The summed E-state index contributed by atoms with van der Waals surface area (Å²) >= 11 is 1.42. The maximum Gasteiger partial charge on any atom is 0.257 e. The molecular formula is C24H22F2N4O2S. The summed E-state index contributed by atoms with van der Waals surface area (Å²) in [6.45, 7) is 0.0900. The van der Waals surface area contributed by atoms with Crippen LogP contribution in [-0.4, -0.2) is 33.2 Å². The summed E-state index contributed by atoms with van der Waals surface area (Å²) in [6.07, 6.45) is 2.18. The van der Waals surface area contributed by atoms with Gasteiger partial charge >= 0.3 is 0 Å². The summed E-state index contributed by atoms with van der Waals surface area (Å²) in [7, 11) is 1.84. The van der Waals surface area contributed by atoms with Crippen LogP contribution in [0.15, 0.2) is 65.8 Å². The summed E-state index contributed by atoms with van der Waals surface area (Å²) in [5, 5.41) is 7.69. The van der Waals surface area contributed by atoms with Crippen molar-refractivity contribution in [3.8, 4) is 0 Å². The molecule has 1 saturated heterocycles. The number of carbonyl (C=O) groups is 1. The molecule has 0 bridgehead atoms. The minimum atomic E-state index is -1.08. The van der Waals surface area contributed by atoms with E-state index in [1.54, 1.807) is 28.9 Å². The number of hydrogen-bond donors (Lipinski definition) is 1. The number of nitrogens with zero attached hydrogens (tertiary/aromatic N) is 3. The Morgan fingerprint density at radius 1 is 1.21 bits per heavy atom. The maximum atomic E-state index is 15.0. The van der Waals surface area contributed by atoms with Crippen LogP contribution in [0.4, 0.5) is 8.78 Å². The van der Waals surface area contributed by atoms with E-state index in [1.165, 1.54) is 23.9 Å². The highest BCUT2D eigenvalue weighted by Crippen LogP contribution is 2.49. The highest BCUT2D eigenvalue weighted by Gasteiger charge is 2.50. The number of hydrogen-bond acceptors (Lipinski definition) is 5. The third-order valence-corrected chi connectivity index (χ3v) is 7.15. The molecule has 1 aromatic heterocycles. The van der Waals surface area contributed by atoms with Crippen molar-refractivity contribution in [1.82, 2.24) is 15.1 Å². The van der Waals surface area contributed by atoms with Crippen LogP contribution in [-0.2, 0) is 17.3 Å². The zero-order valence-corrected chi connectivity index (χ0v) is 18.7. The Hall–Kier alpha value is -3.04. The first kappa shape index (κ1) is 21.8. The average molecular weight is 469 g/mol. The Morgan fingerprint density at radius 2 is 2.03 bits per heavy atom. The first-order valence-corrected chi connectivity index (χ1v) is 11.6. The van der Waals surface area contributed by atoms with Crippen LogP contribution in [0, 0.1) is 17.6 Å². The van der Waals surface area contributed by atoms with Crippen LogP contribution in [0.2, 0.25) is 0 Å². The number of nitrogens with one attached hydrogen (secondary N) is 1. The minimum Gasteiger partial charge on any atom is -0.369 e. The van der Waals surface area contributed by atoms with Gasteiger partial charge in [-0.1, -0.05) is 36.0 Å². The van der Waals surface area contributed by atoms with Gasteiger partial charge in [0.25, 0.3) is 5.91 Å². The van der Waals surface area contributed by atoms with E-state index >= 15 is 4.39 Å². The lowest BCUT2D eigenvalue weighted by Gasteiger charge is -2.46. The Morgan fingerprint density at radius 3 is 2.76 bits per heavy atom. The number of amidine groups is 1. The van der Waals surface area contributed by atoms with Gasteiger partial charge in [0.2, 0.25) is 0 Å². The van der Waals surface area contributed by atoms with Crippen LogP contribution in [0.1, 0.15) is 34.1 Å². The Kier molecular flexibility index (Phi) is 5.76. The van der Waals surface area contributed by atoms with Crippen molar-refractivity contribution >= 4 is 22.8 Å².